The van der Waals surface area contributed by atoms with Crippen molar-refractivity contribution in [2.45, 2.75) is 9.79 Å². The summed E-state index contributed by atoms with van der Waals surface area (Å²) in [5.74, 6) is 0. The third kappa shape index (κ3) is 1.94. The summed E-state index contributed by atoms with van der Waals surface area (Å²) in [5, 5.41) is 5.35. The second-order valence-electron chi connectivity index (χ2n) is 1.79. The van der Waals surface area contributed by atoms with E-state index in [9.17, 15) is 0 Å². The molecule has 0 heterocycles. The molecule has 0 unspecified atom stereocenters. The van der Waals surface area contributed by atoms with E-state index >= 15 is 0 Å². The lowest BCUT2D eigenvalue weighted by Crippen LogP contribution is -1.78. The van der Waals surface area contributed by atoms with Gasteiger partial charge in [0, 0.05) is 9.79 Å². The van der Waals surface area contributed by atoms with Gasteiger partial charge in [-0.2, -0.15) is 0 Å². The molecule has 54 valence electrons. The van der Waals surface area contributed by atoms with Gasteiger partial charge in [0.2, 0.25) is 0 Å². The van der Waals surface area contributed by atoms with Crippen LogP contribution in [0, 0.1) is 0 Å². The maximum Gasteiger partial charge on any atom is 0.0226 e. The van der Waals surface area contributed by atoms with Crippen LogP contribution in [-0.4, -0.2) is 6.26 Å². The van der Waals surface area contributed by atoms with Gasteiger partial charge in [0.05, 0.1) is 0 Å². The van der Waals surface area contributed by atoms with Gasteiger partial charge >= 0.3 is 0 Å². The molecule has 0 bridgehead atoms. The van der Waals surface area contributed by atoms with Crippen LogP contribution in [0.15, 0.2) is 34.1 Å². The molecule has 10 heavy (non-hydrogen) atoms. The quantitative estimate of drug-likeness (QED) is 0.546. The molecule has 0 aliphatic rings. The normalized spacial score (nSPS) is 9.80. The van der Waals surface area contributed by atoms with Crippen LogP contribution in [0.3, 0.4) is 0 Å². The SMILES string of the molecule is CSc1ccc(SN)cc1. The minimum absolute atomic E-state index is 1.11. The van der Waals surface area contributed by atoms with Crippen LogP contribution in [0.25, 0.3) is 0 Å². The third-order valence-electron chi connectivity index (χ3n) is 1.20. The Morgan fingerprint density at radius 3 is 2.00 bits per heavy atom. The summed E-state index contributed by atoms with van der Waals surface area (Å²) in [4.78, 5) is 2.38. The summed E-state index contributed by atoms with van der Waals surface area (Å²) in [6.45, 7) is 0. The van der Waals surface area contributed by atoms with Gasteiger partial charge in [-0.1, -0.05) is 0 Å². The topological polar surface area (TPSA) is 26.0 Å². The molecule has 0 saturated heterocycles. The molecule has 0 amide bonds. The van der Waals surface area contributed by atoms with E-state index in [4.69, 9.17) is 5.14 Å². The van der Waals surface area contributed by atoms with Crippen molar-refractivity contribution in [3.63, 3.8) is 0 Å². The summed E-state index contributed by atoms with van der Waals surface area (Å²) in [7, 11) is 0. The van der Waals surface area contributed by atoms with Crippen LogP contribution in [0.1, 0.15) is 0 Å². The molecular weight excluding hydrogens is 162 g/mol. The van der Waals surface area contributed by atoms with Gasteiger partial charge in [-0.05, 0) is 42.5 Å². The lowest BCUT2D eigenvalue weighted by Gasteiger charge is -1.96. The third-order valence-corrected chi connectivity index (χ3v) is 2.48. The molecule has 0 fully saturated rings. The van der Waals surface area contributed by atoms with Crippen molar-refractivity contribution in [2.24, 2.45) is 5.14 Å². The molecule has 0 aromatic heterocycles. The van der Waals surface area contributed by atoms with Gasteiger partial charge in [-0.3, -0.25) is 5.14 Å². The van der Waals surface area contributed by atoms with Crippen LogP contribution >= 0.6 is 23.7 Å². The molecule has 0 atom stereocenters. The molecule has 0 saturated carbocycles. The minimum atomic E-state index is 1.11. The summed E-state index contributed by atoms with van der Waals surface area (Å²) in [5.41, 5.74) is 0. The van der Waals surface area contributed by atoms with Crippen LogP contribution in [0.2, 0.25) is 0 Å². The Labute approximate surface area is 69.5 Å². The number of hydrogen-bond acceptors (Lipinski definition) is 3. The average molecular weight is 171 g/mol. The van der Waals surface area contributed by atoms with Gasteiger partial charge in [-0.25, -0.2) is 0 Å². The van der Waals surface area contributed by atoms with Gasteiger partial charge in [0.25, 0.3) is 0 Å². The Morgan fingerprint density at radius 2 is 1.60 bits per heavy atom. The molecule has 1 rings (SSSR count). The van der Waals surface area contributed by atoms with Crippen molar-refractivity contribution in [3.05, 3.63) is 24.3 Å². The Morgan fingerprint density at radius 1 is 1.10 bits per heavy atom. The monoisotopic (exact) mass is 171 g/mol. The maximum atomic E-state index is 5.35. The first-order valence-electron chi connectivity index (χ1n) is 2.87. The highest BCUT2D eigenvalue weighted by Gasteiger charge is 1.89. The Balaban J connectivity index is 2.80. The van der Waals surface area contributed by atoms with E-state index in [0.29, 0.717) is 0 Å². The lowest BCUT2D eigenvalue weighted by molar-refractivity contribution is 1.36. The van der Waals surface area contributed by atoms with E-state index < -0.39 is 0 Å². The number of nitrogens with two attached hydrogens (primary N) is 1. The van der Waals surface area contributed by atoms with Crippen molar-refractivity contribution in [3.8, 4) is 0 Å². The van der Waals surface area contributed by atoms with Crippen LogP contribution < -0.4 is 5.14 Å². The van der Waals surface area contributed by atoms with E-state index in [0.717, 1.165) is 4.90 Å². The zero-order valence-electron chi connectivity index (χ0n) is 5.70. The zero-order chi connectivity index (χ0) is 7.40. The van der Waals surface area contributed by atoms with Gasteiger partial charge < -0.3 is 0 Å². The second-order valence-corrected chi connectivity index (χ2v) is 3.38. The fraction of sp³-hybridized carbons (Fsp3) is 0.143. The predicted molar refractivity (Wildman–Crippen MR) is 48.3 cm³/mol. The van der Waals surface area contributed by atoms with E-state index in [1.54, 1.807) is 11.8 Å². The summed E-state index contributed by atoms with van der Waals surface area (Å²) >= 11 is 3.02. The van der Waals surface area contributed by atoms with Crippen molar-refractivity contribution in [1.82, 2.24) is 0 Å². The smallest absolute Gasteiger partial charge is 0.0226 e. The molecule has 1 nitrogen and oxygen atoms in total. The summed E-state index contributed by atoms with van der Waals surface area (Å²) in [6.07, 6.45) is 2.06. The standard InChI is InChI=1S/C7H9NS2/c1-9-6-2-4-7(10-8)5-3-6/h2-5H,8H2,1H3. The molecule has 0 spiro atoms. The molecule has 2 N–H and O–H groups in total. The molecule has 3 heteroatoms. The van der Waals surface area contributed by atoms with Crippen molar-refractivity contribution >= 4 is 23.7 Å². The first kappa shape index (κ1) is 7.98. The van der Waals surface area contributed by atoms with E-state index in [-0.39, 0.29) is 0 Å². The van der Waals surface area contributed by atoms with E-state index in [1.807, 2.05) is 12.1 Å². The largest absolute Gasteiger partial charge is 0.274 e. The summed E-state index contributed by atoms with van der Waals surface area (Å²) in [6, 6.07) is 8.19. The zero-order valence-corrected chi connectivity index (χ0v) is 7.34. The molecule has 0 aliphatic heterocycles. The molecule has 1 aromatic carbocycles. The first-order valence-corrected chi connectivity index (χ1v) is 4.98. The van der Waals surface area contributed by atoms with Crippen molar-refractivity contribution < 1.29 is 0 Å². The highest BCUT2D eigenvalue weighted by molar-refractivity contribution is 7.98. The van der Waals surface area contributed by atoms with E-state index in [1.165, 1.54) is 16.8 Å². The molecule has 0 radical (unpaired) electrons. The average Bonchev–Trinajstić information content (AvgIpc) is 2.05. The highest BCUT2D eigenvalue weighted by Crippen LogP contribution is 2.18. The number of thioether (sulfide) groups is 1. The lowest BCUT2D eigenvalue weighted by atomic mass is 10.4. The molecule has 1 aromatic rings. The van der Waals surface area contributed by atoms with Gasteiger partial charge in [0.15, 0.2) is 0 Å². The Bertz CT molecular complexity index is 172. The summed E-state index contributed by atoms with van der Waals surface area (Å²) < 4.78 is 0. The highest BCUT2D eigenvalue weighted by atomic mass is 32.2. The van der Waals surface area contributed by atoms with E-state index in [2.05, 4.69) is 18.4 Å². The second kappa shape index (κ2) is 3.91. The maximum absolute atomic E-state index is 5.35. The Hall–Kier alpha value is -0.120. The number of hydrogen-bond donors (Lipinski definition) is 1. The van der Waals surface area contributed by atoms with Crippen molar-refractivity contribution in [1.29, 1.82) is 0 Å². The number of benzene rings is 1. The predicted octanol–water partition coefficient (Wildman–Crippen LogP) is 2.37. The van der Waals surface area contributed by atoms with Crippen LogP contribution in [0.5, 0.6) is 0 Å². The fourth-order valence-electron chi connectivity index (χ4n) is 0.654. The van der Waals surface area contributed by atoms with Gasteiger partial charge in [-0.15, -0.1) is 11.8 Å². The van der Waals surface area contributed by atoms with Crippen LogP contribution in [0.4, 0.5) is 0 Å². The fourth-order valence-corrected chi connectivity index (χ4v) is 1.36. The van der Waals surface area contributed by atoms with Crippen LogP contribution in [-0.2, 0) is 0 Å². The van der Waals surface area contributed by atoms with Gasteiger partial charge in [0.1, 0.15) is 0 Å². The first-order chi connectivity index (χ1) is 4.86. The Kier molecular flexibility index (Phi) is 3.12. The minimum Gasteiger partial charge on any atom is -0.274 e. The molecular formula is C7H9NS2. The van der Waals surface area contributed by atoms with Crippen molar-refractivity contribution in [2.75, 3.05) is 6.26 Å². The number of rotatable bonds is 2. The molecule has 0 aliphatic carbocycles.